The molecule has 0 spiro atoms. The van der Waals surface area contributed by atoms with Crippen molar-refractivity contribution < 1.29 is 9.90 Å². The maximum Gasteiger partial charge on any atom is 0.317 e. The average molecular weight is 519 g/mol. The molecule has 2 saturated carbocycles. The summed E-state index contributed by atoms with van der Waals surface area (Å²) in [6.45, 7) is 1.04. The van der Waals surface area contributed by atoms with Crippen molar-refractivity contribution in [1.82, 2.24) is 19.4 Å². The number of fused-ring (bicyclic) bond motifs is 5. The second kappa shape index (κ2) is 10.6. The number of benzene rings is 1. The number of carbonyl (C=O) groups is 1. The number of hydrogen-bond donors (Lipinski definition) is 1. The van der Waals surface area contributed by atoms with Crippen LogP contribution in [0.25, 0.3) is 11.0 Å². The largest absolute Gasteiger partial charge is 0.480 e. The maximum absolute atomic E-state index is 11.5. The molecule has 206 valence electrons. The minimum absolute atomic E-state index is 0.150. The highest BCUT2D eigenvalue weighted by Gasteiger charge is 2.45. The molecule has 7 atom stereocenters. The van der Waals surface area contributed by atoms with Crippen LogP contribution in [0.1, 0.15) is 102 Å². The zero-order chi connectivity index (χ0) is 25.6. The van der Waals surface area contributed by atoms with Gasteiger partial charge in [0.05, 0.1) is 17.6 Å². The monoisotopic (exact) mass is 518 g/mol. The number of likely N-dealkylation sites (tertiary alicyclic amines) is 1. The van der Waals surface area contributed by atoms with Gasteiger partial charge >= 0.3 is 5.97 Å². The van der Waals surface area contributed by atoms with Gasteiger partial charge < -0.3 is 9.67 Å². The molecule has 38 heavy (non-hydrogen) atoms. The number of para-hydroxylation sites is 2. The number of carboxylic acid groups (broad SMARTS) is 1. The third-order valence-electron chi connectivity index (χ3n) is 11.1. The average Bonchev–Trinajstić information content (AvgIpc) is 3.44. The molecular formula is C32H46N4O2. The highest BCUT2D eigenvalue weighted by Crippen LogP contribution is 2.47. The third-order valence-corrected chi connectivity index (χ3v) is 11.1. The van der Waals surface area contributed by atoms with E-state index in [0.717, 1.165) is 49.2 Å². The fourth-order valence-electron chi connectivity index (χ4n) is 9.67. The van der Waals surface area contributed by atoms with Gasteiger partial charge in [0.2, 0.25) is 0 Å². The molecule has 1 aromatic heterocycles. The highest BCUT2D eigenvalue weighted by molar-refractivity contribution is 5.76. The van der Waals surface area contributed by atoms with Crippen molar-refractivity contribution >= 4 is 17.0 Å². The van der Waals surface area contributed by atoms with Crippen molar-refractivity contribution in [2.45, 2.75) is 127 Å². The normalized spacial score (nSPS) is 36.4. The van der Waals surface area contributed by atoms with Crippen LogP contribution in [0.15, 0.2) is 24.3 Å². The Bertz CT molecular complexity index is 1120. The van der Waals surface area contributed by atoms with Crippen LogP contribution in [0.4, 0.5) is 0 Å². The standard InChI is InChI=1S/C32H46N4O2/c37-32(38)21-34-14-6-11-24(34)20-31-33-29-12-3-4-13-30(29)36(31)28-18-25-9-5-10-26(19-28)35(25)27-16-22-7-1-2-8-23(15-22)17-27/h3-4,12-13,22-28H,1-2,5-11,14-21H2,(H,37,38)/t22-,23+,24-,25-,26+,27?,28?/m0/s1. The van der Waals surface area contributed by atoms with E-state index in [0.29, 0.717) is 18.1 Å². The van der Waals surface area contributed by atoms with Crippen molar-refractivity contribution in [1.29, 1.82) is 0 Å². The molecule has 0 amide bonds. The van der Waals surface area contributed by atoms with Gasteiger partial charge in [0, 0.05) is 36.6 Å². The van der Waals surface area contributed by atoms with Crippen molar-refractivity contribution in [2.24, 2.45) is 11.8 Å². The van der Waals surface area contributed by atoms with E-state index < -0.39 is 5.97 Å². The number of aliphatic carboxylic acids is 1. The van der Waals surface area contributed by atoms with E-state index in [4.69, 9.17) is 4.98 Å². The Labute approximate surface area is 227 Å². The van der Waals surface area contributed by atoms with Crippen molar-refractivity contribution in [3.8, 4) is 0 Å². The zero-order valence-corrected chi connectivity index (χ0v) is 23.0. The number of nitrogens with zero attached hydrogens (tertiary/aromatic N) is 4. The molecule has 1 aromatic carbocycles. The topological polar surface area (TPSA) is 61.6 Å². The van der Waals surface area contributed by atoms with E-state index in [-0.39, 0.29) is 12.6 Å². The lowest BCUT2D eigenvalue weighted by molar-refractivity contribution is -0.138. The van der Waals surface area contributed by atoms with Gasteiger partial charge in [-0.25, -0.2) is 4.98 Å². The summed E-state index contributed by atoms with van der Waals surface area (Å²) < 4.78 is 2.62. The van der Waals surface area contributed by atoms with Gasteiger partial charge in [-0.1, -0.05) is 44.2 Å². The van der Waals surface area contributed by atoms with Crippen LogP contribution in [0.3, 0.4) is 0 Å². The number of aromatic nitrogens is 2. The quantitative estimate of drug-likeness (QED) is 0.505. The Morgan fingerprint density at radius 1 is 0.816 bits per heavy atom. The van der Waals surface area contributed by atoms with Crippen molar-refractivity contribution in [3.63, 3.8) is 0 Å². The minimum atomic E-state index is -0.715. The predicted octanol–water partition coefficient (Wildman–Crippen LogP) is 6.04. The Morgan fingerprint density at radius 3 is 2.29 bits per heavy atom. The minimum Gasteiger partial charge on any atom is -0.480 e. The molecule has 2 aliphatic carbocycles. The van der Waals surface area contributed by atoms with Crippen molar-refractivity contribution in [3.05, 3.63) is 30.1 Å². The Balaban J connectivity index is 1.16. The molecular weight excluding hydrogens is 472 g/mol. The molecule has 2 unspecified atom stereocenters. The molecule has 4 bridgehead atoms. The second-order valence-electron chi connectivity index (χ2n) is 13.4. The van der Waals surface area contributed by atoms with Crippen LogP contribution in [-0.4, -0.2) is 67.7 Å². The summed E-state index contributed by atoms with van der Waals surface area (Å²) in [4.78, 5) is 21.9. The molecule has 1 N–H and O–H groups in total. The molecule has 2 aromatic rings. The van der Waals surface area contributed by atoms with E-state index >= 15 is 0 Å². The first-order valence-corrected chi connectivity index (χ1v) is 15.8. The van der Waals surface area contributed by atoms with E-state index in [1.165, 1.54) is 88.4 Å². The highest BCUT2D eigenvalue weighted by atomic mass is 16.4. The smallest absolute Gasteiger partial charge is 0.317 e. The van der Waals surface area contributed by atoms with Crippen LogP contribution < -0.4 is 0 Å². The molecule has 0 radical (unpaired) electrons. The lowest BCUT2D eigenvalue weighted by atomic mass is 9.73. The van der Waals surface area contributed by atoms with E-state index in [1.54, 1.807) is 0 Å². The maximum atomic E-state index is 11.5. The van der Waals surface area contributed by atoms with E-state index in [9.17, 15) is 9.90 Å². The Kier molecular flexibility index (Phi) is 6.98. The molecule has 6 heteroatoms. The number of imidazole rings is 1. The van der Waals surface area contributed by atoms with E-state index in [1.807, 2.05) is 0 Å². The number of rotatable bonds is 6. The molecule has 4 heterocycles. The van der Waals surface area contributed by atoms with Crippen LogP contribution in [0, 0.1) is 11.8 Å². The van der Waals surface area contributed by atoms with Crippen LogP contribution >= 0.6 is 0 Å². The number of carboxylic acids is 1. The first-order valence-electron chi connectivity index (χ1n) is 15.8. The molecule has 3 saturated heterocycles. The number of hydrogen-bond acceptors (Lipinski definition) is 4. The summed E-state index contributed by atoms with van der Waals surface area (Å²) in [5, 5.41) is 9.46. The Hall–Kier alpha value is -1.92. The molecule has 7 rings (SSSR count). The summed E-state index contributed by atoms with van der Waals surface area (Å²) >= 11 is 0. The van der Waals surface area contributed by atoms with E-state index in [2.05, 4.69) is 38.6 Å². The van der Waals surface area contributed by atoms with Gasteiger partial charge in [0.1, 0.15) is 5.82 Å². The second-order valence-corrected chi connectivity index (χ2v) is 13.4. The summed E-state index contributed by atoms with van der Waals surface area (Å²) in [5.74, 6) is 2.43. The first-order chi connectivity index (χ1) is 18.6. The SMILES string of the molecule is O=C(O)CN1CCC[C@H]1Cc1nc2ccccc2n1C1C[C@H]2CCC[C@@H](C1)N2C1C[C@H]2CCCC[C@@H](C1)C2. The van der Waals surface area contributed by atoms with Gasteiger partial charge in [-0.05, 0) is 88.3 Å². The Morgan fingerprint density at radius 2 is 1.55 bits per heavy atom. The summed E-state index contributed by atoms with van der Waals surface area (Å²) in [5.41, 5.74) is 2.39. The zero-order valence-electron chi connectivity index (χ0n) is 23.0. The lowest BCUT2D eigenvalue weighted by Crippen LogP contribution is -2.58. The van der Waals surface area contributed by atoms with Crippen LogP contribution in [0.2, 0.25) is 0 Å². The fraction of sp³-hybridized carbons (Fsp3) is 0.750. The first kappa shape index (κ1) is 25.1. The van der Waals surface area contributed by atoms with Gasteiger partial charge in [-0.3, -0.25) is 14.6 Å². The van der Waals surface area contributed by atoms with Crippen molar-refractivity contribution in [2.75, 3.05) is 13.1 Å². The third kappa shape index (κ3) is 4.81. The molecule has 6 nitrogen and oxygen atoms in total. The lowest BCUT2D eigenvalue weighted by Gasteiger charge is -2.54. The van der Waals surface area contributed by atoms with Crippen LogP contribution in [0.5, 0.6) is 0 Å². The molecule has 5 fully saturated rings. The van der Waals surface area contributed by atoms with Gasteiger partial charge in [-0.2, -0.15) is 0 Å². The van der Waals surface area contributed by atoms with Crippen LogP contribution in [-0.2, 0) is 11.2 Å². The summed E-state index contributed by atoms with van der Waals surface area (Å²) in [7, 11) is 0. The van der Waals surface area contributed by atoms with Gasteiger partial charge in [-0.15, -0.1) is 0 Å². The summed E-state index contributed by atoms with van der Waals surface area (Å²) in [6, 6.07) is 11.7. The van der Waals surface area contributed by atoms with Gasteiger partial charge in [0.25, 0.3) is 0 Å². The fourth-order valence-corrected chi connectivity index (χ4v) is 9.67. The number of piperidine rings is 2. The summed E-state index contributed by atoms with van der Waals surface area (Å²) in [6.07, 6.45) is 19.9. The predicted molar refractivity (Wildman–Crippen MR) is 150 cm³/mol. The molecule has 5 aliphatic rings. The molecule has 3 aliphatic heterocycles. The van der Waals surface area contributed by atoms with Gasteiger partial charge in [0.15, 0.2) is 0 Å².